The fourth-order valence-electron chi connectivity index (χ4n) is 3.34. The highest BCUT2D eigenvalue weighted by molar-refractivity contribution is 5.78. The average molecular weight is 466 g/mol. The van der Waals surface area contributed by atoms with Crippen LogP contribution in [0.4, 0.5) is 42.0 Å². The monoisotopic (exact) mass is 466 g/mol. The Morgan fingerprint density at radius 2 is 1.62 bits per heavy atom. The summed E-state index contributed by atoms with van der Waals surface area (Å²) in [6.07, 6.45) is -2.08. The van der Waals surface area contributed by atoms with Gasteiger partial charge in [0.1, 0.15) is 12.1 Å². The zero-order valence-electron chi connectivity index (χ0n) is 17.5. The van der Waals surface area contributed by atoms with Gasteiger partial charge in [0.05, 0.1) is 22.7 Å². The summed E-state index contributed by atoms with van der Waals surface area (Å²) in [6, 6.07) is 18.9. The van der Waals surface area contributed by atoms with E-state index in [-0.39, 0.29) is 23.9 Å². The topological polar surface area (TPSA) is 97.1 Å². The second kappa shape index (κ2) is 9.53. The van der Waals surface area contributed by atoms with Crippen LogP contribution < -0.4 is 10.2 Å². The normalized spacial score (nSPS) is 11.1. The second-order valence-electron chi connectivity index (χ2n) is 7.08. The number of anilines is 4. The molecule has 0 bridgehead atoms. The van der Waals surface area contributed by atoms with Crippen molar-refractivity contribution >= 4 is 28.8 Å². The molecule has 1 N–H and O–H groups in total. The molecule has 4 rings (SSSR count). The summed E-state index contributed by atoms with van der Waals surface area (Å²) in [5, 5.41) is 14.6. The smallest absolute Gasteiger partial charge is 0.334 e. The molecule has 0 aliphatic heterocycles. The first-order valence-electron chi connectivity index (χ1n) is 9.99. The highest BCUT2D eigenvalue weighted by atomic mass is 19.4. The van der Waals surface area contributed by atoms with E-state index in [9.17, 15) is 23.3 Å². The molecule has 0 aliphatic rings. The standard InChI is InChI=1S/C23H17F3N6O2/c24-23(25,26)17-10-4-5-11-18(17)30-21-20(32(33)34)22(29-15-28-21)31(19-12-6-7-13-27-19)14-16-8-2-1-3-9-16/h1-13,15H,14H2,(H,28,29,30). The number of hydrogen-bond donors (Lipinski definition) is 1. The van der Waals surface area contributed by atoms with Crippen molar-refractivity contribution in [1.29, 1.82) is 0 Å². The molecule has 0 fully saturated rings. The van der Waals surface area contributed by atoms with E-state index >= 15 is 0 Å². The van der Waals surface area contributed by atoms with Gasteiger partial charge in [-0.05, 0) is 29.8 Å². The van der Waals surface area contributed by atoms with E-state index in [0.717, 1.165) is 18.0 Å². The van der Waals surface area contributed by atoms with Crippen LogP contribution in [0.2, 0.25) is 0 Å². The Bertz CT molecular complexity index is 1290. The van der Waals surface area contributed by atoms with Gasteiger partial charge >= 0.3 is 11.9 Å². The van der Waals surface area contributed by atoms with E-state index < -0.39 is 22.4 Å². The van der Waals surface area contributed by atoms with Crippen LogP contribution in [0.15, 0.2) is 85.3 Å². The van der Waals surface area contributed by atoms with Gasteiger partial charge in [-0.1, -0.05) is 48.5 Å². The first-order chi connectivity index (χ1) is 16.3. The van der Waals surface area contributed by atoms with Crippen LogP contribution in [0.3, 0.4) is 0 Å². The lowest BCUT2D eigenvalue weighted by atomic mass is 10.1. The Morgan fingerprint density at radius 1 is 0.912 bits per heavy atom. The predicted octanol–water partition coefficient (Wildman–Crippen LogP) is 5.88. The van der Waals surface area contributed by atoms with Gasteiger partial charge in [0.25, 0.3) is 0 Å². The van der Waals surface area contributed by atoms with Crippen LogP contribution in [0.5, 0.6) is 0 Å². The highest BCUT2D eigenvalue weighted by Gasteiger charge is 2.35. The summed E-state index contributed by atoms with van der Waals surface area (Å²) in [7, 11) is 0. The van der Waals surface area contributed by atoms with Crippen LogP contribution in [0.25, 0.3) is 0 Å². The molecule has 0 spiro atoms. The Hall–Kier alpha value is -4.54. The number of pyridine rings is 1. The first-order valence-corrected chi connectivity index (χ1v) is 9.99. The van der Waals surface area contributed by atoms with Crippen molar-refractivity contribution in [2.45, 2.75) is 12.7 Å². The lowest BCUT2D eigenvalue weighted by Gasteiger charge is -2.23. The molecule has 172 valence electrons. The van der Waals surface area contributed by atoms with Crippen molar-refractivity contribution in [2.75, 3.05) is 10.2 Å². The molecule has 34 heavy (non-hydrogen) atoms. The molecule has 0 unspecified atom stereocenters. The van der Waals surface area contributed by atoms with Crippen LogP contribution in [0, 0.1) is 10.1 Å². The summed E-state index contributed by atoms with van der Waals surface area (Å²) >= 11 is 0. The predicted molar refractivity (Wildman–Crippen MR) is 120 cm³/mol. The molecule has 0 radical (unpaired) electrons. The van der Waals surface area contributed by atoms with Gasteiger partial charge in [-0.2, -0.15) is 13.2 Å². The molecule has 2 aromatic heterocycles. The maximum atomic E-state index is 13.5. The number of benzene rings is 2. The molecule has 2 aromatic carbocycles. The fraction of sp³-hybridized carbons (Fsp3) is 0.0870. The minimum atomic E-state index is -4.67. The third-order valence-corrected chi connectivity index (χ3v) is 4.84. The number of para-hydroxylation sites is 1. The van der Waals surface area contributed by atoms with Gasteiger partial charge in [0, 0.05) is 6.20 Å². The minimum absolute atomic E-state index is 0.116. The fourth-order valence-corrected chi connectivity index (χ4v) is 3.34. The van der Waals surface area contributed by atoms with Gasteiger partial charge < -0.3 is 10.2 Å². The molecule has 8 nitrogen and oxygen atoms in total. The second-order valence-corrected chi connectivity index (χ2v) is 7.08. The third kappa shape index (κ3) is 4.93. The number of nitrogens with one attached hydrogen (secondary N) is 1. The van der Waals surface area contributed by atoms with Gasteiger partial charge in [0.2, 0.25) is 11.6 Å². The molecule has 0 amide bonds. The van der Waals surface area contributed by atoms with E-state index in [0.29, 0.717) is 5.82 Å². The highest BCUT2D eigenvalue weighted by Crippen LogP contribution is 2.40. The number of alkyl halides is 3. The number of rotatable bonds is 7. The molecule has 0 saturated carbocycles. The number of hydrogen-bond acceptors (Lipinski definition) is 7. The number of nitro groups is 1. The molecule has 0 saturated heterocycles. The Labute approximate surface area is 191 Å². The van der Waals surface area contributed by atoms with Gasteiger partial charge in [-0.15, -0.1) is 0 Å². The van der Waals surface area contributed by atoms with Gasteiger partial charge in [-0.25, -0.2) is 15.0 Å². The Morgan fingerprint density at radius 3 is 2.29 bits per heavy atom. The van der Waals surface area contributed by atoms with E-state index in [1.807, 2.05) is 30.3 Å². The molecular weight excluding hydrogens is 449 g/mol. The lowest BCUT2D eigenvalue weighted by Crippen LogP contribution is -2.21. The van der Waals surface area contributed by atoms with E-state index in [1.165, 1.54) is 29.3 Å². The zero-order valence-corrected chi connectivity index (χ0v) is 17.5. The maximum absolute atomic E-state index is 13.5. The Balaban J connectivity index is 1.83. The number of halogens is 3. The summed E-state index contributed by atoms with van der Waals surface area (Å²) in [6.45, 7) is 0.175. The van der Waals surface area contributed by atoms with Crippen molar-refractivity contribution in [2.24, 2.45) is 0 Å². The van der Waals surface area contributed by atoms with Gasteiger partial charge in [-0.3, -0.25) is 10.1 Å². The van der Waals surface area contributed by atoms with Crippen LogP contribution >= 0.6 is 0 Å². The van der Waals surface area contributed by atoms with E-state index in [4.69, 9.17) is 0 Å². The van der Waals surface area contributed by atoms with Crippen molar-refractivity contribution in [3.63, 3.8) is 0 Å². The lowest BCUT2D eigenvalue weighted by molar-refractivity contribution is -0.383. The molecule has 0 aliphatic carbocycles. The molecule has 11 heteroatoms. The Kier molecular flexibility index (Phi) is 6.35. The van der Waals surface area contributed by atoms with Crippen LogP contribution in [-0.2, 0) is 12.7 Å². The average Bonchev–Trinajstić information content (AvgIpc) is 2.83. The number of nitrogens with zero attached hydrogens (tertiary/aromatic N) is 5. The minimum Gasteiger partial charge on any atom is -0.334 e. The van der Waals surface area contributed by atoms with Crippen LogP contribution in [-0.4, -0.2) is 19.9 Å². The molecule has 0 atom stereocenters. The summed E-state index contributed by atoms with van der Waals surface area (Å²) in [5.74, 6) is -0.120. The van der Waals surface area contributed by atoms with E-state index in [2.05, 4.69) is 20.3 Å². The van der Waals surface area contributed by atoms with Crippen molar-refractivity contribution in [3.05, 3.63) is 107 Å². The molecular formula is C23H17F3N6O2. The summed E-state index contributed by atoms with van der Waals surface area (Å²) in [4.78, 5) is 25.2. The maximum Gasteiger partial charge on any atom is 0.418 e. The SMILES string of the molecule is O=[N+]([O-])c1c(Nc2ccccc2C(F)(F)F)ncnc1N(Cc1ccccc1)c1ccccn1. The number of aromatic nitrogens is 3. The first kappa shape index (κ1) is 22.6. The van der Waals surface area contributed by atoms with E-state index in [1.54, 1.807) is 18.2 Å². The third-order valence-electron chi connectivity index (χ3n) is 4.84. The summed E-state index contributed by atoms with van der Waals surface area (Å²) in [5.41, 5.74) is -1.11. The van der Waals surface area contributed by atoms with Crippen molar-refractivity contribution < 1.29 is 18.1 Å². The molecule has 4 aromatic rings. The quantitative estimate of drug-likeness (QED) is 0.268. The van der Waals surface area contributed by atoms with Crippen LogP contribution in [0.1, 0.15) is 11.1 Å². The van der Waals surface area contributed by atoms with Gasteiger partial charge in [0.15, 0.2) is 0 Å². The zero-order chi connectivity index (χ0) is 24.1. The largest absolute Gasteiger partial charge is 0.418 e. The molecule has 2 heterocycles. The van der Waals surface area contributed by atoms with Crippen molar-refractivity contribution in [1.82, 2.24) is 15.0 Å². The summed E-state index contributed by atoms with van der Waals surface area (Å²) < 4.78 is 40.4. The van der Waals surface area contributed by atoms with Crippen molar-refractivity contribution in [3.8, 4) is 0 Å².